The zero-order chi connectivity index (χ0) is 9.84. The van der Waals surface area contributed by atoms with E-state index in [1.807, 2.05) is 0 Å². The summed E-state index contributed by atoms with van der Waals surface area (Å²) in [6.45, 7) is 0.0454. The summed E-state index contributed by atoms with van der Waals surface area (Å²) in [6.07, 6.45) is 0.485. The van der Waals surface area contributed by atoms with E-state index in [-0.39, 0.29) is 6.61 Å². The smallest absolute Gasteiger partial charge is 0.0500 e. The zero-order valence-corrected chi connectivity index (χ0v) is 9.13. The topological polar surface area (TPSA) is 32.3 Å². The largest absolute Gasteiger partial charge is 0.396 e. The third-order valence-electron chi connectivity index (χ3n) is 1.64. The average molecular weight is 238 g/mol. The Morgan fingerprint density at radius 2 is 2.08 bits per heavy atom. The first-order valence-electron chi connectivity index (χ1n) is 3.68. The van der Waals surface area contributed by atoms with Gasteiger partial charge in [-0.3, -0.25) is 0 Å². The van der Waals surface area contributed by atoms with Crippen molar-refractivity contribution in [2.24, 2.45) is 0 Å². The molecule has 13 heavy (non-hydrogen) atoms. The number of thiol groups is 1. The van der Waals surface area contributed by atoms with Gasteiger partial charge < -0.3 is 9.83 Å². The Bertz CT molecular complexity index is 306. The summed E-state index contributed by atoms with van der Waals surface area (Å²) in [5, 5.41) is 9.87. The highest BCUT2D eigenvalue weighted by atomic mass is 35.5. The highest BCUT2D eigenvalue weighted by Crippen LogP contribution is 2.29. The molecule has 2 N–H and O–H groups in total. The summed E-state index contributed by atoms with van der Waals surface area (Å²) < 4.78 is 2.68. The Morgan fingerprint density at radius 3 is 2.62 bits per heavy atom. The van der Waals surface area contributed by atoms with E-state index < -0.39 is 0 Å². The van der Waals surface area contributed by atoms with Crippen LogP contribution in [0, 0.1) is 0 Å². The van der Waals surface area contributed by atoms with E-state index in [1.54, 1.807) is 12.1 Å². The number of rotatable bonds is 3. The molecule has 0 saturated carbocycles. The standard InChI is InChI=1S/C8H9Cl2NOS/c9-5-3-7(10)6(1-2-12)8(4-5)11-13/h3-4,11-13H,1-2H2. The monoisotopic (exact) mass is 237 g/mol. The van der Waals surface area contributed by atoms with Crippen molar-refractivity contribution in [3.8, 4) is 0 Å². The average Bonchev–Trinajstić information content (AvgIpc) is 2.09. The highest BCUT2D eigenvalue weighted by Gasteiger charge is 2.07. The Morgan fingerprint density at radius 1 is 1.38 bits per heavy atom. The Hall–Kier alpha value is -0.0900. The molecule has 0 heterocycles. The van der Waals surface area contributed by atoms with E-state index in [4.69, 9.17) is 28.3 Å². The van der Waals surface area contributed by atoms with E-state index in [2.05, 4.69) is 17.5 Å². The Kier molecular flexibility index (Phi) is 4.19. The molecule has 5 heteroatoms. The summed E-state index contributed by atoms with van der Waals surface area (Å²) >= 11 is 15.6. The zero-order valence-electron chi connectivity index (χ0n) is 6.72. The van der Waals surface area contributed by atoms with Crippen LogP contribution >= 0.6 is 36.0 Å². The van der Waals surface area contributed by atoms with Crippen LogP contribution in [0.15, 0.2) is 12.1 Å². The summed E-state index contributed by atoms with van der Waals surface area (Å²) in [7, 11) is 0. The maximum absolute atomic E-state index is 8.79. The van der Waals surface area contributed by atoms with E-state index in [9.17, 15) is 0 Å². The number of aliphatic hydroxyl groups excluding tert-OH is 1. The van der Waals surface area contributed by atoms with E-state index in [0.717, 1.165) is 11.3 Å². The van der Waals surface area contributed by atoms with Crippen molar-refractivity contribution in [3.05, 3.63) is 27.7 Å². The molecule has 2 nitrogen and oxygen atoms in total. The highest BCUT2D eigenvalue weighted by molar-refractivity contribution is 7.81. The van der Waals surface area contributed by atoms with Gasteiger partial charge in [-0.05, 0) is 24.1 Å². The molecule has 72 valence electrons. The van der Waals surface area contributed by atoms with Crippen LogP contribution in [0.25, 0.3) is 0 Å². The molecule has 0 aliphatic carbocycles. The van der Waals surface area contributed by atoms with Gasteiger partial charge in [0.05, 0.1) is 5.69 Å². The van der Waals surface area contributed by atoms with Gasteiger partial charge in [0.15, 0.2) is 0 Å². The predicted molar refractivity (Wildman–Crippen MR) is 59.9 cm³/mol. The third-order valence-corrected chi connectivity index (χ3v) is 2.44. The maximum Gasteiger partial charge on any atom is 0.0500 e. The van der Waals surface area contributed by atoms with Crippen molar-refractivity contribution in [3.63, 3.8) is 0 Å². The first kappa shape index (κ1) is 11.0. The van der Waals surface area contributed by atoms with Gasteiger partial charge in [-0.15, -0.1) is 0 Å². The van der Waals surface area contributed by atoms with Crippen molar-refractivity contribution < 1.29 is 5.11 Å². The Labute approximate surface area is 92.4 Å². The molecule has 0 spiro atoms. The minimum Gasteiger partial charge on any atom is -0.396 e. The number of benzene rings is 1. The lowest BCUT2D eigenvalue weighted by Gasteiger charge is -2.09. The molecule has 0 radical (unpaired) electrons. The number of anilines is 1. The number of halogens is 2. The van der Waals surface area contributed by atoms with Crippen LogP contribution in [0.4, 0.5) is 5.69 Å². The van der Waals surface area contributed by atoms with Crippen LogP contribution in [-0.2, 0) is 6.42 Å². The first-order valence-corrected chi connectivity index (χ1v) is 4.88. The van der Waals surface area contributed by atoms with Crippen molar-refractivity contribution in [1.29, 1.82) is 0 Å². The molecule has 0 aliphatic rings. The maximum atomic E-state index is 8.79. The van der Waals surface area contributed by atoms with Gasteiger partial charge in [0, 0.05) is 16.7 Å². The molecule has 0 bridgehead atoms. The van der Waals surface area contributed by atoms with Crippen LogP contribution in [-0.4, -0.2) is 11.7 Å². The van der Waals surface area contributed by atoms with Crippen molar-refractivity contribution in [2.75, 3.05) is 11.3 Å². The van der Waals surface area contributed by atoms with Gasteiger partial charge in [-0.25, -0.2) is 0 Å². The third kappa shape index (κ3) is 2.68. The molecular formula is C8H9Cl2NOS. The van der Waals surface area contributed by atoms with Gasteiger partial charge in [-0.1, -0.05) is 36.0 Å². The summed E-state index contributed by atoms with van der Waals surface area (Å²) in [5.41, 5.74) is 1.55. The number of aliphatic hydroxyl groups is 1. The number of nitrogens with one attached hydrogen (secondary N) is 1. The second-order valence-corrected chi connectivity index (χ2v) is 3.57. The van der Waals surface area contributed by atoms with Gasteiger partial charge in [-0.2, -0.15) is 0 Å². The fourth-order valence-corrected chi connectivity index (χ4v) is 1.86. The summed E-state index contributed by atoms with van der Waals surface area (Å²) in [4.78, 5) is 0. The van der Waals surface area contributed by atoms with Gasteiger partial charge in [0.2, 0.25) is 0 Å². The minimum atomic E-state index is 0.0454. The predicted octanol–water partition coefficient (Wildman–Crippen LogP) is 2.78. The van der Waals surface area contributed by atoms with Gasteiger partial charge >= 0.3 is 0 Å². The second kappa shape index (κ2) is 4.96. The molecular weight excluding hydrogens is 229 g/mol. The molecule has 0 aliphatic heterocycles. The quantitative estimate of drug-likeness (QED) is 0.707. The fraction of sp³-hybridized carbons (Fsp3) is 0.250. The van der Waals surface area contributed by atoms with E-state index in [1.165, 1.54) is 0 Å². The molecule has 1 aromatic rings. The SMILES string of the molecule is OCCc1c(Cl)cc(Cl)cc1NS. The van der Waals surface area contributed by atoms with Gasteiger partial charge in [0.25, 0.3) is 0 Å². The van der Waals surface area contributed by atoms with Crippen LogP contribution < -0.4 is 4.72 Å². The molecule has 0 fully saturated rings. The number of hydrogen-bond acceptors (Lipinski definition) is 3. The minimum absolute atomic E-state index is 0.0454. The number of hydrogen-bond donors (Lipinski definition) is 3. The van der Waals surface area contributed by atoms with Crippen LogP contribution in [0.3, 0.4) is 0 Å². The molecule has 0 amide bonds. The van der Waals surface area contributed by atoms with Crippen molar-refractivity contribution in [2.45, 2.75) is 6.42 Å². The molecule has 0 unspecified atom stereocenters. The second-order valence-electron chi connectivity index (χ2n) is 2.50. The lowest BCUT2D eigenvalue weighted by molar-refractivity contribution is 0.300. The van der Waals surface area contributed by atoms with Crippen LogP contribution in [0.2, 0.25) is 10.0 Å². The van der Waals surface area contributed by atoms with E-state index >= 15 is 0 Å². The summed E-state index contributed by atoms with van der Waals surface area (Å²) in [6, 6.07) is 3.36. The van der Waals surface area contributed by atoms with E-state index in [0.29, 0.717) is 16.5 Å². The molecule has 1 aromatic carbocycles. The summed E-state index contributed by atoms with van der Waals surface area (Å²) in [5.74, 6) is 0. The van der Waals surface area contributed by atoms with Crippen molar-refractivity contribution >= 4 is 41.7 Å². The molecule has 0 saturated heterocycles. The molecule has 1 rings (SSSR count). The lowest BCUT2D eigenvalue weighted by Crippen LogP contribution is -1.96. The molecule has 0 aromatic heterocycles. The van der Waals surface area contributed by atoms with Gasteiger partial charge in [0.1, 0.15) is 0 Å². The Balaban J connectivity index is 3.13. The first-order chi connectivity index (χ1) is 6.19. The normalized spacial score (nSPS) is 10.2. The molecule has 0 atom stereocenters. The van der Waals surface area contributed by atoms with Crippen LogP contribution in [0.1, 0.15) is 5.56 Å². The fourth-order valence-electron chi connectivity index (χ4n) is 1.07. The van der Waals surface area contributed by atoms with Crippen LogP contribution in [0.5, 0.6) is 0 Å². The lowest BCUT2D eigenvalue weighted by atomic mass is 10.1. The van der Waals surface area contributed by atoms with Crippen molar-refractivity contribution in [1.82, 2.24) is 0 Å².